The lowest BCUT2D eigenvalue weighted by Crippen LogP contribution is -2.56. The van der Waals surface area contributed by atoms with Gasteiger partial charge in [-0.2, -0.15) is 5.10 Å². The minimum atomic E-state index is 0.188. The lowest BCUT2D eigenvalue weighted by Gasteiger charge is -2.37. The van der Waals surface area contributed by atoms with Gasteiger partial charge in [-0.05, 0) is 23.6 Å². The topological polar surface area (TPSA) is 138 Å². The molecule has 0 saturated carbocycles. The number of pyridine rings is 2. The highest BCUT2D eigenvalue weighted by molar-refractivity contribution is 7.13. The van der Waals surface area contributed by atoms with Crippen molar-refractivity contribution in [1.29, 1.82) is 0 Å². The molecule has 7 rings (SSSR count). The highest BCUT2D eigenvalue weighted by Crippen LogP contribution is 2.33. The molecule has 10 nitrogen and oxygen atoms in total. The number of nitrogens with one attached hydrogen (secondary N) is 2. The van der Waals surface area contributed by atoms with Crippen LogP contribution >= 0.6 is 11.3 Å². The minimum absolute atomic E-state index is 0.188. The number of hydrogen-bond donors (Lipinski definition) is 3. The van der Waals surface area contributed by atoms with Gasteiger partial charge in [-0.3, -0.25) is 20.1 Å². The molecule has 0 atom stereocenters. The molecule has 1 aliphatic rings. The van der Waals surface area contributed by atoms with E-state index in [0.717, 1.165) is 51.4 Å². The van der Waals surface area contributed by atoms with Crippen molar-refractivity contribution in [1.82, 2.24) is 40.1 Å². The molecular weight excluding hydrogens is 448 g/mol. The fourth-order valence-corrected chi connectivity index (χ4v) is 4.93. The van der Waals surface area contributed by atoms with E-state index in [4.69, 9.17) is 15.7 Å². The monoisotopic (exact) mass is 466 g/mol. The van der Waals surface area contributed by atoms with Crippen LogP contribution in [0.2, 0.25) is 0 Å². The Morgan fingerprint density at radius 3 is 2.79 bits per heavy atom. The quantitative estimate of drug-likeness (QED) is 0.360. The van der Waals surface area contributed by atoms with E-state index in [1.165, 1.54) is 0 Å². The minimum Gasteiger partial charge on any atom is -0.352 e. The van der Waals surface area contributed by atoms with Gasteiger partial charge in [0.05, 0.1) is 40.2 Å². The lowest BCUT2D eigenvalue weighted by atomic mass is 10.1. The SMILES string of the molecule is NC1CN(c2cncc(-c3cc4c(-c5nc6c(-c7cccs7)nccc6[nH]5)n[nH]c4cn3)n2)C1. The van der Waals surface area contributed by atoms with Gasteiger partial charge in [-0.1, -0.05) is 6.07 Å². The van der Waals surface area contributed by atoms with Gasteiger partial charge in [-0.15, -0.1) is 11.3 Å². The number of H-pyrrole nitrogens is 2. The number of aromatic nitrogens is 8. The summed E-state index contributed by atoms with van der Waals surface area (Å²) in [6.07, 6.45) is 7.03. The van der Waals surface area contributed by atoms with E-state index in [0.29, 0.717) is 22.9 Å². The Balaban J connectivity index is 1.31. The number of hydrogen-bond acceptors (Lipinski definition) is 9. The van der Waals surface area contributed by atoms with Gasteiger partial charge in [0.1, 0.15) is 28.4 Å². The van der Waals surface area contributed by atoms with Gasteiger partial charge < -0.3 is 15.6 Å². The van der Waals surface area contributed by atoms with Crippen LogP contribution in [-0.2, 0) is 0 Å². The first-order valence-electron chi connectivity index (χ1n) is 10.8. The van der Waals surface area contributed by atoms with Crippen LogP contribution in [0.1, 0.15) is 0 Å². The van der Waals surface area contributed by atoms with Crippen LogP contribution in [-0.4, -0.2) is 59.2 Å². The highest BCUT2D eigenvalue weighted by atomic mass is 32.1. The van der Waals surface area contributed by atoms with E-state index in [1.54, 1.807) is 36.1 Å². The molecule has 6 aromatic rings. The summed E-state index contributed by atoms with van der Waals surface area (Å²) in [5, 5.41) is 10.5. The molecule has 0 spiro atoms. The maximum absolute atomic E-state index is 5.92. The van der Waals surface area contributed by atoms with E-state index < -0.39 is 0 Å². The number of imidazole rings is 1. The van der Waals surface area contributed by atoms with E-state index >= 15 is 0 Å². The molecule has 1 saturated heterocycles. The third kappa shape index (κ3) is 3.05. The Morgan fingerprint density at radius 2 is 1.94 bits per heavy atom. The molecule has 0 aliphatic carbocycles. The van der Waals surface area contributed by atoms with Crippen molar-refractivity contribution in [2.75, 3.05) is 18.0 Å². The number of anilines is 1. The molecule has 0 unspecified atom stereocenters. The van der Waals surface area contributed by atoms with Crippen LogP contribution in [0.3, 0.4) is 0 Å². The summed E-state index contributed by atoms with van der Waals surface area (Å²) in [6, 6.07) is 8.14. The average molecular weight is 467 g/mol. The van der Waals surface area contributed by atoms with Crippen molar-refractivity contribution < 1.29 is 0 Å². The van der Waals surface area contributed by atoms with Gasteiger partial charge >= 0.3 is 0 Å². The Labute approximate surface area is 196 Å². The number of rotatable bonds is 4. The highest BCUT2D eigenvalue weighted by Gasteiger charge is 2.25. The van der Waals surface area contributed by atoms with Crippen LogP contribution in [0, 0.1) is 0 Å². The molecule has 4 N–H and O–H groups in total. The molecule has 166 valence electrons. The van der Waals surface area contributed by atoms with Gasteiger partial charge in [0, 0.05) is 30.7 Å². The summed E-state index contributed by atoms with van der Waals surface area (Å²) >= 11 is 1.64. The standard InChI is InChI=1S/C23H18N10S/c24-12-10-33(11-12)19-9-25-7-17(28-19)15-6-13-16(8-27-15)31-32-20(13)23-29-14-3-4-26-22(21(14)30-23)18-2-1-5-34-18/h1-9,12H,10-11,24H2,(H,29,30)(H,31,32). The zero-order chi connectivity index (χ0) is 22.6. The van der Waals surface area contributed by atoms with Gasteiger partial charge in [0.15, 0.2) is 5.82 Å². The average Bonchev–Trinajstić information content (AvgIpc) is 3.60. The molecule has 0 amide bonds. The van der Waals surface area contributed by atoms with E-state index in [1.807, 2.05) is 29.6 Å². The van der Waals surface area contributed by atoms with E-state index in [-0.39, 0.29) is 6.04 Å². The predicted octanol–water partition coefficient (Wildman–Crippen LogP) is 3.23. The molecule has 11 heteroatoms. The van der Waals surface area contributed by atoms with Crippen molar-refractivity contribution in [3.05, 3.63) is 54.4 Å². The summed E-state index contributed by atoms with van der Waals surface area (Å²) in [5.74, 6) is 1.47. The van der Waals surface area contributed by atoms with Crippen LogP contribution < -0.4 is 10.6 Å². The zero-order valence-electron chi connectivity index (χ0n) is 17.8. The second-order valence-electron chi connectivity index (χ2n) is 8.23. The van der Waals surface area contributed by atoms with Crippen molar-refractivity contribution in [2.24, 2.45) is 5.73 Å². The smallest absolute Gasteiger partial charge is 0.159 e. The van der Waals surface area contributed by atoms with Gasteiger partial charge in [0.2, 0.25) is 0 Å². The zero-order valence-corrected chi connectivity index (χ0v) is 18.6. The lowest BCUT2D eigenvalue weighted by molar-refractivity contribution is 0.514. The van der Waals surface area contributed by atoms with Crippen LogP contribution in [0.25, 0.3) is 55.4 Å². The summed E-state index contributed by atoms with van der Waals surface area (Å²) in [4.78, 5) is 29.7. The molecule has 0 aromatic carbocycles. The molecule has 34 heavy (non-hydrogen) atoms. The first-order chi connectivity index (χ1) is 16.7. The molecule has 0 radical (unpaired) electrons. The normalized spacial score (nSPS) is 14.2. The Morgan fingerprint density at radius 1 is 1.00 bits per heavy atom. The van der Waals surface area contributed by atoms with Crippen molar-refractivity contribution in [3.8, 4) is 33.5 Å². The molecule has 1 fully saturated rings. The molecule has 7 heterocycles. The second-order valence-corrected chi connectivity index (χ2v) is 9.18. The second kappa shape index (κ2) is 7.40. The summed E-state index contributed by atoms with van der Waals surface area (Å²) in [5.41, 5.74) is 11.4. The first-order valence-corrected chi connectivity index (χ1v) is 11.7. The fraction of sp³-hybridized carbons (Fsp3) is 0.130. The van der Waals surface area contributed by atoms with Crippen LogP contribution in [0.5, 0.6) is 0 Å². The predicted molar refractivity (Wildman–Crippen MR) is 131 cm³/mol. The van der Waals surface area contributed by atoms with Crippen LogP contribution in [0.4, 0.5) is 5.82 Å². The maximum Gasteiger partial charge on any atom is 0.159 e. The molecule has 0 bridgehead atoms. The van der Waals surface area contributed by atoms with Gasteiger partial charge in [-0.25, -0.2) is 9.97 Å². The Kier molecular flexibility index (Phi) is 4.19. The fourth-order valence-electron chi connectivity index (χ4n) is 4.21. The van der Waals surface area contributed by atoms with Crippen molar-refractivity contribution in [2.45, 2.75) is 6.04 Å². The third-order valence-corrected chi connectivity index (χ3v) is 6.82. The summed E-state index contributed by atoms with van der Waals surface area (Å²) in [7, 11) is 0. The van der Waals surface area contributed by atoms with Crippen molar-refractivity contribution in [3.63, 3.8) is 0 Å². The third-order valence-electron chi connectivity index (χ3n) is 5.95. The number of thiophene rings is 1. The Bertz CT molecular complexity index is 1650. The molecule has 1 aliphatic heterocycles. The Hall–Kier alpha value is -4.22. The molecule has 6 aromatic heterocycles. The van der Waals surface area contributed by atoms with Crippen LogP contribution in [0.15, 0.2) is 54.4 Å². The van der Waals surface area contributed by atoms with E-state index in [2.05, 4.69) is 35.0 Å². The summed E-state index contributed by atoms with van der Waals surface area (Å²) in [6.45, 7) is 1.57. The number of nitrogens with zero attached hydrogens (tertiary/aromatic N) is 7. The van der Waals surface area contributed by atoms with Gasteiger partial charge in [0.25, 0.3) is 0 Å². The first kappa shape index (κ1) is 19.3. The number of nitrogens with two attached hydrogens (primary N) is 1. The van der Waals surface area contributed by atoms with E-state index in [9.17, 15) is 0 Å². The number of fused-ring (bicyclic) bond motifs is 2. The van der Waals surface area contributed by atoms with Crippen molar-refractivity contribution >= 4 is 39.1 Å². The number of aromatic amines is 2. The summed E-state index contributed by atoms with van der Waals surface area (Å²) < 4.78 is 0. The molecular formula is C23H18N10S. The largest absolute Gasteiger partial charge is 0.352 e. The maximum atomic E-state index is 5.92.